The first-order valence-electron chi connectivity index (χ1n) is 10.3. The van der Waals surface area contributed by atoms with Gasteiger partial charge in [0.2, 0.25) is 0 Å². The van der Waals surface area contributed by atoms with Crippen LogP contribution in [0.1, 0.15) is 37.7 Å². The van der Waals surface area contributed by atoms with E-state index in [-0.39, 0.29) is 11.6 Å². The van der Waals surface area contributed by atoms with Crippen LogP contribution in [0.5, 0.6) is 0 Å². The number of aromatic nitrogens is 1. The summed E-state index contributed by atoms with van der Waals surface area (Å²) in [4.78, 5) is 4.41. The summed E-state index contributed by atoms with van der Waals surface area (Å²) in [6, 6.07) is 13.4. The minimum absolute atomic E-state index is 0.315. The van der Waals surface area contributed by atoms with Crippen LogP contribution >= 0.6 is 11.6 Å². The Morgan fingerprint density at radius 1 is 1.00 bits per heavy atom. The Morgan fingerprint density at radius 2 is 1.83 bits per heavy atom. The van der Waals surface area contributed by atoms with Crippen molar-refractivity contribution < 1.29 is 8.78 Å². The molecule has 1 fully saturated rings. The molecule has 1 aliphatic rings. The van der Waals surface area contributed by atoms with Gasteiger partial charge in [0.25, 0.3) is 0 Å². The molecule has 1 heterocycles. The molecule has 1 aromatic heterocycles. The molecule has 0 bridgehead atoms. The third-order valence-corrected chi connectivity index (χ3v) is 5.76. The number of benzene rings is 2. The predicted octanol–water partition coefficient (Wildman–Crippen LogP) is 7.04. The minimum Gasteiger partial charge on any atom is -0.379 e. The van der Waals surface area contributed by atoms with E-state index in [4.69, 9.17) is 11.6 Å². The fourth-order valence-corrected chi connectivity index (χ4v) is 4.08. The standard InChI is InChI=1S/C24H24ClF2N3/c25-21-15-29-24(30-19-7-2-1-3-8-19)13-20(21)17-9-10-22(27)23(12-17)28-14-16-5-4-6-18(26)11-16/h4-6,9-13,15,19,28H,1-3,7-8,14H2,(H,29,30). The number of anilines is 2. The Morgan fingerprint density at radius 3 is 2.63 bits per heavy atom. The van der Waals surface area contributed by atoms with E-state index in [9.17, 15) is 8.78 Å². The van der Waals surface area contributed by atoms with Gasteiger partial charge in [0.15, 0.2) is 0 Å². The highest BCUT2D eigenvalue weighted by molar-refractivity contribution is 6.33. The monoisotopic (exact) mass is 427 g/mol. The van der Waals surface area contributed by atoms with Crippen molar-refractivity contribution in [1.82, 2.24) is 4.98 Å². The third kappa shape index (κ3) is 5.08. The summed E-state index contributed by atoms with van der Waals surface area (Å²) in [5.74, 6) is 0.0888. The number of nitrogens with one attached hydrogen (secondary N) is 2. The third-order valence-electron chi connectivity index (χ3n) is 5.46. The Kier molecular flexibility index (Phi) is 6.48. The summed E-state index contributed by atoms with van der Waals surface area (Å²) in [7, 11) is 0. The predicted molar refractivity (Wildman–Crippen MR) is 119 cm³/mol. The number of hydrogen-bond acceptors (Lipinski definition) is 3. The van der Waals surface area contributed by atoms with Gasteiger partial charge in [0.1, 0.15) is 17.5 Å². The molecule has 0 amide bonds. The molecule has 0 radical (unpaired) electrons. The van der Waals surface area contributed by atoms with Gasteiger partial charge in [-0.3, -0.25) is 0 Å². The summed E-state index contributed by atoms with van der Waals surface area (Å²) >= 11 is 6.41. The normalized spacial score (nSPS) is 14.5. The number of hydrogen-bond donors (Lipinski definition) is 2. The highest BCUT2D eigenvalue weighted by atomic mass is 35.5. The average molecular weight is 428 g/mol. The fraction of sp³-hybridized carbons (Fsp3) is 0.292. The molecule has 3 aromatic rings. The summed E-state index contributed by atoms with van der Waals surface area (Å²) < 4.78 is 27.7. The molecule has 30 heavy (non-hydrogen) atoms. The van der Waals surface area contributed by atoms with Crippen molar-refractivity contribution in [1.29, 1.82) is 0 Å². The molecule has 0 aliphatic heterocycles. The Bertz CT molecular complexity index is 1020. The number of pyridine rings is 1. The molecule has 0 spiro atoms. The van der Waals surface area contributed by atoms with Gasteiger partial charge in [-0.2, -0.15) is 0 Å². The number of nitrogens with zero attached hydrogens (tertiary/aromatic N) is 1. The van der Waals surface area contributed by atoms with Crippen LogP contribution in [0.25, 0.3) is 11.1 Å². The van der Waals surface area contributed by atoms with E-state index < -0.39 is 0 Å². The van der Waals surface area contributed by atoms with Crippen LogP contribution in [0.15, 0.2) is 54.7 Å². The van der Waals surface area contributed by atoms with E-state index in [1.165, 1.54) is 37.5 Å². The van der Waals surface area contributed by atoms with E-state index in [0.29, 0.717) is 23.3 Å². The molecule has 2 N–H and O–H groups in total. The molecule has 2 aromatic carbocycles. The lowest BCUT2D eigenvalue weighted by Gasteiger charge is -2.23. The zero-order valence-corrected chi connectivity index (χ0v) is 17.4. The molecule has 3 nitrogen and oxygen atoms in total. The average Bonchev–Trinajstić information content (AvgIpc) is 2.75. The molecule has 4 rings (SSSR count). The second-order valence-electron chi connectivity index (χ2n) is 7.71. The molecule has 0 unspecified atom stereocenters. The van der Waals surface area contributed by atoms with Crippen LogP contribution in [0.3, 0.4) is 0 Å². The summed E-state index contributed by atoms with van der Waals surface area (Å²) in [5, 5.41) is 7.06. The minimum atomic E-state index is -0.374. The van der Waals surface area contributed by atoms with Gasteiger partial charge >= 0.3 is 0 Å². The van der Waals surface area contributed by atoms with Crippen LogP contribution in [-0.2, 0) is 6.54 Å². The summed E-state index contributed by atoms with van der Waals surface area (Å²) in [5.41, 5.74) is 2.66. The van der Waals surface area contributed by atoms with Crippen molar-refractivity contribution in [3.8, 4) is 11.1 Å². The SMILES string of the molecule is Fc1cccc(CNc2cc(-c3cc(NC4CCCCC4)ncc3Cl)ccc2F)c1. The summed E-state index contributed by atoms with van der Waals surface area (Å²) in [6.07, 6.45) is 7.67. The number of rotatable bonds is 6. The molecular formula is C24H24ClF2N3. The van der Waals surface area contributed by atoms with E-state index in [1.54, 1.807) is 30.5 Å². The van der Waals surface area contributed by atoms with Crippen LogP contribution in [0.4, 0.5) is 20.3 Å². The lowest BCUT2D eigenvalue weighted by atomic mass is 9.95. The van der Waals surface area contributed by atoms with Crippen molar-refractivity contribution in [3.05, 3.63) is 76.9 Å². The zero-order chi connectivity index (χ0) is 20.9. The van der Waals surface area contributed by atoms with Gasteiger partial charge in [0, 0.05) is 24.3 Å². The van der Waals surface area contributed by atoms with Crippen LogP contribution < -0.4 is 10.6 Å². The maximum atomic E-state index is 14.4. The maximum absolute atomic E-state index is 14.4. The first-order valence-corrected chi connectivity index (χ1v) is 10.7. The zero-order valence-electron chi connectivity index (χ0n) is 16.6. The van der Waals surface area contributed by atoms with Gasteiger partial charge < -0.3 is 10.6 Å². The second-order valence-corrected chi connectivity index (χ2v) is 8.11. The second kappa shape index (κ2) is 9.43. The lowest BCUT2D eigenvalue weighted by Crippen LogP contribution is -2.22. The van der Waals surface area contributed by atoms with E-state index in [0.717, 1.165) is 35.3 Å². The molecule has 1 saturated carbocycles. The van der Waals surface area contributed by atoms with Gasteiger partial charge in [-0.1, -0.05) is 49.1 Å². The van der Waals surface area contributed by atoms with Crippen LogP contribution in [-0.4, -0.2) is 11.0 Å². The van der Waals surface area contributed by atoms with Crippen molar-refractivity contribution in [2.45, 2.75) is 44.7 Å². The Labute approximate surface area is 180 Å². The van der Waals surface area contributed by atoms with E-state index in [1.807, 2.05) is 6.07 Å². The molecule has 6 heteroatoms. The quantitative estimate of drug-likeness (QED) is 0.443. The summed E-state index contributed by atoms with van der Waals surface area (Å²) in [6.45, 7) is 0.316. The van der Waals surface area contributed by atoms with Crippen LogP contribution in [0, 0.1) is 11.6 Å². The van der Waals surface area contributed by atoms with Crippen molar-refractivity contribution in [2.75, 3.05) is 10.6 Å². The van der Waals surface area contributed by atoms with E-state index >= 15 is 0 Å². The van der Waals surface area contributed by atoms with Crippen molar-refractivity contribution >= 4 is 23.1 Å². The van der Waals surface area contributed by atoms with Gasteiger partial charge in [-0.05, 0) is 54.3 Å². The molecule has 156 valence electrons. The first-order chi connectivity index (χ1) is 14.6. The van der Waals surface area contributed by atoms with Crippen LogP contribution in [0.2, 0.25) is 5.02 Å². The highest BCUT2D eigenvalue weighted by Gasteiger charge is 2.15. The first kappa shape index (κ1) is 20.6. The lowest BCUT2D eigenvalue weighted by molar-refractivity contribution is 0.462. The van der Waals surface area contributed by atoms with Gasteiger partial charge in [0.05, 0.1) is 10.7 Å². The van der Waals surface area contributed by atoms with Crippen molar-refractivity contribution in [2.24, 2.45) is 0 Å². The smallest absolute Gasteiger partial charge is 0.146 e. The Hall–Kier alpha value is -2.66. The maximum Gasteiger partial charge on any atom is 0.146 e. The topological polar surface area (TPSA) is 37.0 Å². The van der Waals surface area contributed by atoms with Gasteiger partial charge in [-0.25, -0.2) is 13.8 Å². The largest absolute Gasteiger partial charge is 0.379 e. The highest BCUT2D eigenvalue weighted by Crippen LogP contribution is 2.33. The number of halogens is 3. The molecule has 1 aliphatic carbocycles. The van der Waals surface area contributed by atoms with E-state index in [2.05, 4.69) is 15.6 Å². The van der Waals surface area contributed by atoms with Gasteiger partial charge in [-0.15, -0.1) is 0 Å². The molecular weight excluding hydrogens is 404 g/mol. The van der Waals surface area contributed by atoms with Crippen molar-refractivity contribution in [3.63, 3.8) is 0 Å². The molecule has 0 atom stereocenters. The fourth-order valence-electron chi connectivity index (χ4n) is 3.87. The Balaban J connectivity index is 1.54. The molecule has 0 saturated heterocycles.